The molecule has 0 fully saturated rings. The van der Waals surface area contributed by atoms with Gasteiger partial charge in [0, 0.05) is 56.2 Å². The number of hydrogen-bond donors (Lipinski definition) is 0. The smallest absolute Gasteiger partial charge is 0.235 e. The van der Waals surface area contributed by atoms with E-state index >= 15 is 0 Å². The summed E-state index contributed by atoms with van der Waals surface area (Å²) in [4.78, 5) is 21.8. The molecule has 1 spiro atoms. The SMILES string of the molecule is c1ccc2c(c1)-c1cnc(-n3c4ccccc4c4ccccc43)nc1-c1ccccc1[Si]21c2ccccc2-c2cnc(-n3c4ccccc4c4ccccc43)nc2-c2ccccc21. The molecule has 0 aliphatic carbocycles. The van der Waals surface area contributed by atoms with Gasteiger partial charge in [-0.2, -0.15) is 0 Å². The van der Waals surface area contributed by atoms with Gasteiger partial charge < -0.3 is 0 Å². The van der Waals surface area contributed by atoms with Crippen LogP contribution in [0.3, 0.4) is 0 Å². The lowest BCUT2D eigenvalue weighted by Gasteiger charge is -2.36. The summed E-state index contributed by atoms with van der Waals surface area (Å²) in [6.45, 7) is 0. The summed E-state index contributed by atoms with van der Waals surface area (Å²) in [5.74, 6) is 1.30. The third-order valence-corrected chi connectivity index (χ3v) is 18.5. The number of benzene rings is 8. The van der Waals surface area contributed by atoms with Crippen molar-refractivity contribution in [2.24, 2.45) is 0 Å². The van der Waals surface area contributed by atoms with Crippen LogP contribution in [0.25, 0.3) is 100 Å². The molecule has 6 nitrogen and oxygen atoms in total. The summed E-state index contributed by atoms with van der Waals surface area (Å²) in [6, 6.07) is 70.3. The van der Waals surface area contributed by atoms with Crippen LogP contribution in [0.5, 0.6) is 0 Å². The highest BCUT2D eigenvalue weighted by Gasteiger charge is 2.50. The van der Waals surface area contributed by atoms with Gasteiger partial charge in [-0.15, -0.1) is 0 Å². The van der Waals surface area contributed by atoms with Crippen molar-refractivity contribution in [3.8, 4) is 56.7 Å². The summed E-state index contributed by atoms with van der Waals surface area (Å²) in [6.07, 6.45) is 4.13. The van der Waals surface area contributed by atoms with Crippen LogP contribution in [-0.4, -0.2) is 37.1 Å². The van der Waals surface area contributed by atoms with Gasteiger partial charge in [-0.05, 0) is 56.1 Å². The lowest BCUT2D eigenvalue weighted by atomic mass is 10.0. The van der Waals surface area contributed by atoms with Gasteiger partial charge in [0.1, 0.15) is 0 Å². The first-order chi connectivity index (χ1) is 31.3. The van der Waals surface area contributed by atoms with Crippen LogP contribution >= 0.6 is 0 Å². The van der Waals surface area contributed by atoms with E-state index in [1.807, 2.05) is 0 Å². The van der Waals surface area contributed by atoms with E-state index in [0.29, 0.717) is 11.9 Å². The standard InChI is InChI=1S/C56H34N6Si/c1-9-25-45-35(17-1)36-18-2-10-26-46(36)61(45)55-57-33-43-39-21-5-13-29-49(39)63(51-31-15-7-23-41(51)53(43)59-55)50-30-14-6-22-40(50)44-34-58-56(60-54(44)42-24-8-16-32-52(42)63)62-47-27-11-3-19-37(47)38-20-4-12-28-48(38)62/h1-34H. The maximum absolute atomic E-state index is 5.65. The molecule has 0 saturated carbocycles. The molecule has 0 saturated heterocycles. The lowest BCUT2D eigenvalue weighted by Crippen LogP contribution is -2.75. The van der Waals surface area contributed by atoms with Crippen LogP contribution in [0.15, 0.2) is 207 Å². The lowest BCUT2D eigenvalue weighted by molar-refractivity contribution is 0.994. The molecule has 14 rings (SSSR count). The number of nitrogens with zero attached hydrogens (tertiary/aromatic N) is 6. The van der Waals surface area contributed by atoms with Crippen molar-refractivity contribution < 1.29 is 0 Å². The third kappa shape index (κ3) is 4.55. The third-order valence-electron chi connectivity index (χ3n) is 13.5. The van der Waals surface area contributed by atoms with E-state index in [9.17, 15) is 0 Å². The fourth-order valence-corrected chi connectivity index (χ4v) is 16.6. The van der Waals surface area contributed by atoms with Crippen LogP contribution in [0.4, 0.5) is 0 Å². The van der Waals surface area contributed by atoms with Crippen molar-refractivity contribution in [3.05, 3.63) is 207 Å². The van der Waals surface area contributed by atoms with Crippen LogP contribution in [-0.2, 0) is 0 Å². The van der Waals surface area contributed by atoms with Gasteiger partial charge in [-0.1, -0.05) is 170 Å². The minimum atomic E-state index is -3.24. The van der Waals surface area contributed by atoms with Gasteiger partial charge in [0.05, 0.1) is 33.5 Å². The topological polar surface area (TPSA) is 61.4 Å². The van der Waals surface area contributed by atoms with Crippen LogP contribution in [0.1, 0.15) is 0 Å². The molecule has 12 aromatic rings. The quantitative estimate of drug-likeness (QED) is 0.163. The molecule has 0 unspecified atom stereocenters. The monoisotopic (exact) mass is 818 g/mol. The molecule has 2 aliphatic rings. The first kappa shape index (κ1) is 34.4. The van der Waals surface area contributed by atoms with Crippen molar-refractivity contribution in [2.45, 2.75) is 0 Å². The van der Waals surface area contributed by atoms with E-state index in [-0.39, 0.29) is 0 Å². The Balaban J connectivity index is 1.08. The second-order valence-electron chi connectivity index (χ2n) is 16.5. The van der Waals surface area contributed by atoms with Gasteiger partial charge in [0.15, 0.2) is 8.07 Å². The van der Waals surface area contributed by atoms with Crippen molar-refractivity contribution in [1.29, 1.82) is 0 Å². The zero-order chi connectivity index (χ0) is 41.2. The maximum atomic E-state index is 5.65. The molecule has 4 aromatic heterocycles. The number of para-hydroxylation sites is 4. The molecule has 0 radical (unpaired) electrons. The summed E-state index contributed by atoms with van der Waals surface area (Å²) in [7, 11) is -3.24. The molecule has 0 amide bonds. The first-order valence-electron chi connectivity index (χ1n) is 21.4. The van der Waals surface area contributed by atoms with E-state index < -0.39 is 8.07 Å². The zero-order valence-electron chi connectivity index (χ0n) is 33.8. The number of rotatable bonds is 2. The second-order valence-corrected chi connectivity index (χ2v) is 20.2. The Morgan fingerprint density at radius 2 is 0.571 bits per heavy atom. The Hall–Kier alpha value is -8.26. The molecule has 0 N–H and O–H groups in total. The maximum Gasteiger partial charge on any atom is 0.235 e. The van der Waals surface area contributed by atoms with Crippen molar-refractivity contribution >= 4 is 72.4 Å². The molecule has 2 aliphatic heterocycles. The fourth-order valence-electron chi connectivity index (χ4n) is 11.0. The van der Waals surface area contributed by atoms with E-state index in [2.05, 4.69) is 216 Å². The van der Waals surface area contributed by atoms with Gasteiger partial charge in [-0.25, -0.2) is 19.9 Å². The van der Waals surface area contributed by atoms with E-state index in [4.69, 9.17) is 19.9 Å². The molecular weight excluding hydrogens is 785 g/mol. The molecule has 7 heteroatoms. The van der Waals surface area contributed by atoms with Crippen molar-refractivity contribution in [3.63, 3.8) is 0 Å². The first-order valence-corrected chi connectivity index (χ1v) is 23.4. The predicted octanol–water partition coefficient (Wildman–Crippen LogP) is 10.1. The van der Waals surface area contributed by atoms with Crippen molar-refractivity contribution in [2.75, 3.05) is 0 Å². The Kier molecular flexibility index (Phi) is 7.04. The van der Waals surface area contributed by atoms with Gasteiger partial charge >= 0.3 is 0 Å². The molecule has 8 aromatic carbocycles. The Morgan fingerprint density at radius 1 is 0.286 bits per heavy atom. The second kappa shape index (κ2) is 12.9. The largest absolute Gasteiger partial charge is 0.278 e. The van der Waals surface area contributed by atoms with Gasteiger partial charge in [-0.3, -0.25) is 9.13 Å². The molecule has 63 heavy (non-hydrogen) atoms. The Morgan fingerprint density at radius 3 is 0.937 bits per heavy atom. The molecular formula is C56H34N6Si. The minimum absolute atomic E-state index is 0.651. The number of fused-ring (bicyclic) bond motifs is 20. The van der Waals surface area contributed by atoms with Gasteiger partial charge in [0.2, 0.25) is 11.9 Å². The van der Waals surface area contributed by atoms with Crippen LogP contribution in [0, 0.1) is 0 Å². The predicted molar refractivity (Wildman–Crippen MR) is 259 cm³/mol. The van der Waals surface area contributed by atoms with Crippen LogP contribution in [0.2, 0.25) is 0 Å². The van der Waals surface area contributed by atoms with E-state index in [1.54, 1.807) is 0 Å². The Bertz CT molecular complexity index is 3540. The molecule has 292 valence electrons. The minimum Gasteiger partial charge on any atom is -0.278 e. The summed E-state index contributed by atoms with van der Waals surface area (Å²) in [5.41, 5.74) is 12.8. The van der Waals surface area contributed by atoms with E-state index in [0.717, 1.165) is 66.8 Å². The fraction of sp³-hybridized carbons (Fsp3) is 0. The summed E-state index contributed by atoms with van der Waals surface area (Å²) >= 11 is 0. The molecule has 0 atom stereocenters. The summed E-state index contributed by atoms with van der Waals surface area (Å²) < 4.78 is 4.44. The van der Waals surface area contributed by atoms with E-state index in [1.165, 1.54) is 42.3 Å². The average molecular weight is 819 g/mol. The van der Waals surface area contributed by atoms with Crippen LogP contribution < -0.4 is 20.7 Å². The molecule has 0 bridgehead atoms. The highest BCUT2D eigenvalue weighted by atomic mass is 28.3. The van der Waals surface area contributed by atoms with Crippen molar-refractivity contribution in [1.82, 2.24) is 29.1 Å². The normalized spacial score (nSPS) is 13.2. The number of aromatic nitrogens is 6. The highest BCUT2D eigenvalue weighted by molar-refractivity contribution is 7.22. The highest BCUT2D eigenvalue weighted by Crippen LogP contribution is 2.41. The summed E-state index contributed by atoms with van der Waals surface area (Å²) in [5, 5.41) is 9.88. The average Bonchev–Trinajstić information content (AvgIpc) is 3.81. The van der Waals surface area contributed by atoms with Gasteiger partial charge in [0.25, 0.3) is 0 Å². The molecule has 6 heterocycles. The number of hydrogen-bond acceptors (Lipinski definition) is 4. The zero-order valence-corrected chi connectivity index (χ0v) is 34.8. The Labute approximate surface area is 363 Å².